The van der Waals surface area contributed by atoms with E-state index in [4.69, 9.17) is 11.6 Å². The van der Waals surface area contributed by atoms with Gasteiger partial charge < -0.3 is 5.32 Å². The number of rotatable bonds is 6. The molecule has 1 aromatic heterocycles. The number of nitrogens with one attached hydrogen (secondary N) is 1. The molecule has 0 aliphatic rings. The second-order valence-corrected chi connectivity index (χ2v) is 5.27. The van der Waals surface area contributed by atoms with E-state index in [0.717, 1.165) is 30.8 Å². The summed E-state index contributed by atoms with van der Waals surface area (Å²) in [6, 6.07) is 4.85. The summed E-state index contributed by atoms with van der Waals surface area (Å²) in [6.45, 7) is 6.48. The zero-order valence-corrected chi connectivity index (χ0v) is 12.5. The van der Waals surface area contributed by atoms with Gasteiger partial charge in [-0.1, -0.05) is 24.6 Å². The molecule has 108 valence electrons. The molecule has 0 fully saturated rings. The summed E-state index contributed by atoms with van der Waals surface area (Å²) in [7, 11) is 0. The monoisotopic (exact) mass is 295 g/mol. The van der Waals surface area contributed by atoms with Crippen LogP contribution in [0, 0.1) is 12.7 Å². The summed E-state index contributed by atoms with van der Waals surface area (Å²) in [5.74, 6) is -0.391. The van der Waals surface area contributed by atoms with Crippen LogP contribution in [0.2, 0.25) is 5.02 Å². The Hall–Kier alpha value is -1.39. The third-order valence-corrected chi connectivity index (χ3v) is 3.43. The van der Waals surface area contributed by atoms with Crippen LogP contribution in [0.1, 0.15) is 30.2 Å². The minimum Gasteiger partial charge on any atom is -0.313 e. The highest BCUT2D eigenvalue weighted by atomic mass is 35.5. The van der Waals surface area contributed by atoms with Crippen LogP contribution in [0.15, 0.2) is 24.4 Å². The van der Waals surface area contributed by atoms with Crippen molar-refractivity contribution in [2.45, 2.75) is 33.4 Å². The topological polar surface area (TPSA) is 29.9 Å². The van der Waals surface area contributed by atoms with Gasteiger partial charge in [-0.2, -0.15) is 5.10 Å². The lowest BCUT2D eigenvalue weighted by Gasteiger charge is -2.03. The smallest absolute Gasteiger partial charge is 0.142 e. The van der Waals surface area contributed by atoms with Crippen LogP contribution in [0.5, 0.6) is 0 Å². The second kappa shape index (κ2) is 6.86. The maximum atomic E-state index is 13.4. The van der Waals surface area contributed by atoms with Gasteiger partial charge in [-0.05, 0) is 37.6 Å². The van der Waals surface area contributed by atoms with Crippen LogP contribution in [-0.4, -0.2) is 16.3 Å². The SMILES string of the molecule is CCCNCc1cn(Cc2ccc(Cl)c(F)c2)nc1C. The van der Waals surface area contributed by atoms with Crippen molar-refractivity contribution >= 4 is 11.6 Å². The fourth-order valence-electron chi connectivity index (χ4n) is 2.04. The molecule has 0 saturated carbocycles. The van der Waals surface area contributed by atoms with E-state index >= 15 is 0 Å². The zero-order chi connectivity index (χ0) is 14.5. The van der Waals surface area contributed by atoms with Crippen molar-refractivity contribution in [2.24, 2.45) is 0 Å². The molecule has 0 radical (unpaired) electrons. The van der Waals surface area contributed by atoms with Gasteiger partial charge in [-0.15, -0.1) is 0 Å². The first-order chi connectivity index (χ1) is 9.60. The fraction of sp³-hybridized carbons (Fsp3) is 0.400. The normalized spacial score (nSPS) is 11.0. The van der Waals surface area contributed by atoms with Crippen molar-refractivity contribution in [3.63, 3.8) is 0 Å². The minimum absolute atomic E-state index is 0.148. The minimum atomic E-state index is -0.391. The lowest BCUT2D eigenvalue weighted by Crippen LogP contribution is -2.13. The molecule has 0 atom stereocenters. The van der Waals surface area contributed by atoms with Crippen molar-refractivity contribution in [3.05, 3.63) is 52.1 Å². The number of hydrogen-bond acceptors (Lipinski definition) is 2. The Bertz CT molecular complexity index is 580. The van der Waals surface area contributed by atoms with Crippen molar-refractivity contribution < 1.29 is 4.39 Å². The number of halogens is 2. The molecule has 3 nitrogen and oxygen atoms in total. The van der Waals surface area contributed by atoms with Gasteiger partial charge >= 0.3 is 0 Å². The molecule has 0 aliphatic heterocycles. The highest BCUT2D eigenvalue weighted by Crippen LogP contribution is 2.16. The molecule has 0 spiro atoms. The van der Waals surface area contributed by atoms with Crippen molar-refractivity contribution in [1.29, 1.82) is 0 Å². The summed E-state index contributed by atoms with van der Waals surface area (Å²) in [6.07, 6.45) is 3.11. The van der Waals surface area contributed by atoms with Crippen molar-refractivity contribution in [2.75, 3.05) is 6.54 Å². The zero-order valence-electron chi connectivity index (χ0n) is 11.8. The quantitative estimate of drug-likeness (QED) is 0.826. The van der Waals surface area contributed by atoms with E-state index in [9.17, 15) is 4.39 Å². The van der Waals surface area contributed by atoms with E-state index in [2.05, 4.69) is 17.3 Å². The average molecular weight is 296 g/mol. The first-order valence-corrected chi connectivity index (χ1v) is 7.15. The molecule has 1 N–H and O–H groups in total. The van der Waals surface area contributed by atoms with E-state index in [-0.39, 0.29) is 5.02 Å². The number of benzene rings is 1. The summed E-state index contributed by atoms with van der Waals surface area (Å²) >= 11 is 5.68. The van der Waals surface area contributed by atoms with Crippen LogP contribution in [-0.2, 0) is 13.1 Å². The molecule has 5 heteroatoms. The predicted molar refractivity (Wildman–Crippen MR) is 79.5 cm³/mol. The van der Waals surface area contributed by atoms with Crippen LogP contribution in [0.4, 0.5) is 4.39 Å². The van der Waals surface area contributed by atoms with Crippen LogP contribution < -0.4 is 5.32 Å². The lowest BCUT2D eigenvalue weighted by molar-refractivity contribution is 0.619. The summed E-state index contributed by atoms with van der Waals surface area (Å²) in [5, 5.41) is 7.96. The Kier molecular flexibility index (Phi) is 5.15. The van der Waals surface area contributed by atoms with Gasteiger partial charge in [0.2, 0.25) is 0 Å². The maximum Gasteiger partial charge on any atom is 0.142 e. The average Bonchev–Trinajstić information content (AvgIpc) is 2.75. The molecule has 20 heavy (non-hydrogen) atoms. The molecule has 1 aromatic carbocycles. The summed E-state index contributed by atoms with van der Waals surface area (Å²) in [5.41, 5.74) is 3.03. The molecular formula is C15H19ClFN3. The first-order valence-electron chi connectivity index (χ1n) is 6.77. The molecule has 0 unspecified atom stereocenters. The summed E-state index contributed by atoms with van der Waals surface area (Å²) in [4.78, 5) is 0. The molecule has 0 aliphatic carbocycles. The Morgan fingerprint density at radius 3 is 2.90 bits per heavy atom. The van der Waals surface area contributed by atoms with Crippen LogP contribution in [0.25, 0.3) is 0 Å². The van der Waals surface area contributed by atoms with Gasteiger partial charge in [-0.25, -0.2) is 4.39 Å². The van der Waals surface area contributed by atoms with Crippen molar-refractivity contribution in [1.82, 2.24) is 15.1 Å². The Balaban J connectivity index is 2.05. The molecule has 1 heterocycles. The van der Waals surface area contributed by atoms with E-state index in [1.54, 1.807) is 6.07 Å². The van der Waals surface area contributed by atoms with Gasteiger partial charge in [0.15, 0.2) is 0 Å². The first kappa shape index (κ1) is 15.0. The Morgan fingerprint density at radius 2 is 2.20 bits per heavy atom. The molecule has 2 rings (SSSR count). The molecule has 2 aromatic rings. The van der Waals surface area contributed by atoms with E-state index in [0.29, 0.717) is 6.54 Å². The van der Waals surface area contributed by atoms with Gasteiger partial charge in [0.25, 0.3) is 0 Å². The standard InChI is InChI=1S/C15H19ClFN3/c1-3-6-18-8-13-10-20(19-11(13)2)9-12-4-5-14(16)15(17)7-12/h4-5,7,10,18H,3,6,8-9H2,1-2H3. The highest BCUT2D eigenvalue weighted by Gasteiger charge is 2.06. The number of aryl methyl sites for hydroxylation is 1. The van der Waals surface area contributed by atoms with Crippen LogP contribution >= 0.6 is 11.6 Å². The molecular weight excluding hydrogens is 277 g/mol. The third-order valence-electron chi connectivity index (χ3n) is 3.12. The lowest BCUT2D eigenvalue weighted by atomic mass is 10.2. The van der Waals surface area contributed by atoms with Crippen molar-refractivity contribution in [3.8, 4) is 0 Å². The second-order valence-electron chi connectivity index (χ2n) is 4.86. The molecule has 0 amide bonds. The summed E-state index contributed by atoms with van der Waals surface area (Å²) < 4.78 is 15.2. The maximum absolute atomic E-state index is 13.4. The number of hydrogen-bond donors (Lipinski definition) is 1. The van der Waals surface area contributed by atoms with Crippen LogP contribution in [0.3, 0.4) is 0 Å². The predicted octanol–water partition coefficient (Wildman–Crippen LogP) is 3.53. The number of aromatic nitrogens is 2. The van der Waals surface area contributed by atoms with Gasteiger partial charge in [0, 0.05) is 18.3 Å². The van der Waals surface area contributed by atoms with E-state index in [1.165, 1.54) is 11.6 Å². The Labute approximate surface area is 123 Å². The third kappa shape index (κ3) is 3.81. The number of nitrogens with zero attached hydrogens (tertiary/aromatic N) is 2. The molecule has 0 bridgehead atoms. The fourth-order valence-corrected chi connectivity index (χ4v) is 2.16. The highest BCUT2D eigenvalue weighted by molar-refractivity contribution is 6.30. The van der Waals surface area contributed by atoms with E-state index in [1.807, 2.05) is 23.9 Å². The van der Waals surface area contributed by atoms with Gasteiger partial charge in [-0.3, -0.25) is 4.68 Å². The Morgan fingerprint density at radius 1 is 1.40 bits per heavy atom. The largest absolute Gasteiger partial charge is 0.313 e. The van der Waals surface area contributed by atoms with Gasteiger partial charge in [0.05, 0.1) is 17.3 Å². The van der Waals surface area contributed by atoms with E-state index < -0.39 is 5.82 Å². The molecule has 0 saturated heterocycles. The van der Waals surface area contributed by atoms with Gasteiger partial charge in [0.1, 0.15) is 5.82 Å².